The van der Waals surface area contributed by atoms with E-state index in [2.05, 4.69) is 20.9 Å². The Balaban J connectivity index is 2.60. The molecular weight excluding hydrogens is 310 g/mol. The Morgan fingerprint density at radius 3 is 2.68 bits per heavy atom. The Labute approximate surface area is 119 Å². The molecule has 1 N–H and O–H groups in total. The van der Waals surface area contributed by atoms with Crippen LogP contribution in [-0.4, -0.2) is 21.7 Å². The third kappa shape index (κ3) is 2.56. The summed E-state index contributed by atoms with van der Waals surface area (Å²) in [5.74, 6) is -0.550. The lowest BCUT2D eigenvalue weighted by molar-refractivity contribution is -0.152. The number of aliphatic carboxylic acids is 1. The Hall–Kier alpha value is -1.62. The molecule has 4 nitrogen and oxygen atoms in total. The van der Waals surface area contributed by atoms with Gasteiger partial charge in [-0.25, -0.2) is 4.79 Å². The van der Waals surface area contributed by atoms with Crippen molar-refractivity contribution in [3.63, 3.8) is 0 Å². The second-order valence-electron chi connectivity index (χ2n) is 4.81. The van der Waals surface area contributed by atoms with E-state index >= 15 is 0 Å². The third-order valence-corrected chi connectivity index (χ3v) is 3.55. The average Bonchev–Trinajstić information content (AvgIpc) is 2.32. The molecule has 1 heterocycles. The molecule has 1 aromatic heterocycles. The maximum absolute atomic E-state index is 11.1. The largest absolute Gasteiger partial charge is 0.478 e. The number of hydrogen-bond acceptors (Lipinski definition) is 3. The molecule has 2 rings (SSSR count). The van der Waals surface area contributed by atoms with Gasteiger partial charge in [-0.15, -0.1) is 0 Å². The van der Waals surface area contributed by atoms with E-state index in [0.717, 1.165) is 15.4 Å². The highest BCUT2D eigenvalue weighted by Crippen LogP contribution is 2.33. The predicted octanol–water partition coefficient (Wildman–Crippen LogP) is 3.55. The zero-order valence-corrected chi connectivity index (χ0v) is 12.5. The Kier molecular flexibility index (Phi) is 3.49. The van der Waals surface area contributed by atoms with Crippen LogP contribution in [0.1, 0.15) is 19.4 Å². The maximum Gasteiger partial charge on any atom is 0.347 e. The van der Waals surface area contributed by atoms with Crippen molar-refractivity contribution in [3.05, 3.63) is 34.4 Å². The van der Waals surface area contributed by atoms with Gasteiger partial charge < -0.3 is 9.84 Å². The van der Waals surface area contributed by atoms with E-state index in [1.165, 1.54) is 13.8 Å². The van der Waals surface area contributed by atoms with E-state index in [9.17, 15) is 4.79 Å². The van der Waals surface area contributed by atoms with Crippen LogP contribution in [0.2, 0.25) is 0 Å². The van der Waals surface area contributed by atoms with Gasteiger partial charge >= 0.3 is 5.97 Å². The predicted molar refractivity (Wildman–Crippen MR) is 76.5 cm³/mol. The van der Waals surface area contributed by atoms with E-state index in [-0.39, 0.29) is 0 Å². The molecule has 0 radical (unpaired) electrons. The smallest absolute Gasteiger partial charge is 0.347 e. The normalized spacial score (nSPS) is 11.6. The summed E-state index contributed by atoms with van der Waals surface area (Å²) in [6.07, 6.45) is 1.69. The molecule has 19 heavy (non-hydrogen) atoms. The minimum Gasteiger partial charge on any atom is -0.478 e. The molecule has 0 saturated carbocycles. The fraction of sp³-hybridized carbons (Fsp3) is 0.286. The van der Waals surface area contributed by atoms with Crippen LogP contribution < -0.4 is 4.74 Å². The van der Waals surface area contributed by atoms with Gasteiger partial charge in [-0.05, 0) is 44.5 Å². The maximum atomic E-state index is 11.1. The van der Waals surface area contributed by atoms with Crippen molar-refractivity contribution in [3.8, 4) is 5.75 Å². The van der Waals surface area contributed by atoms with E-state index in [0.29, 0.717) is 11.3 Å². The number of pyridine rings is 1. The van der Waals surface area contributed by atoms with Gasteiger partial charge in [0.15, 0.2) is 5.60 Å². The fourth-order valence-corrected chi connectivity index (χ4v) is 2.39. The molecule has 1 aromatic carbocycles. The molecule has 0 aliphatic carbocycles. The van der Waals surface area contributed by atoms with E-state index in [4.69, 9.17) is 9.84 Å². The van der Waals surface area contributed by atoms with Gasteiger partial charge in [0.2, 0.25) is 0 Å². The number of ether oxygens (including phenoxy) is 1. The van der Waals surface area contributed by atoms with Gasteiger partial charge in [0, 0.05) is 16.1 Å². The molecule has 0 atom stereocenters. The van der Waals surface area contributed by atoms with Crippen LogP contribution >= 0.6 is 15.9 Å². The lowest BCUT2D eigenvalue weighted by Gasteiger charge is -2.22. The minimum absolute atomic E-state index is 0.467. The number of carbonyl (C=O) groups is 1. The Morgan fingerprint density at radius 2 is 2.05 bits per heavy atom. The highest BCUT2D eigenvalue weighted by atomic mass is 79.9. The second-order valence-corrected chi connectivity index (χ2v) is 5.67. The molecule has 0 fully saturated rings. The molecule has 2 aromatic rings. The first-order chi connectivity index (χ1) is 8.83. The summed E-state index contributed by atoms with van der Waals surface area (Å²) in [6.45, 7) is 5.00. The first-order valence-electron chi connectivity index (χ1n) is 5.79. The van der Waals surface area contributed by atoms with Gasteiger partial charge in [-0.1, -0.05) is 15.9 Å². The number of aromatic nitrogens is 1. The summed E-state index contributed by atoms with van der Waals surface area (Å²) >= 11 is 3.48. The van der Waals surface area contributed by atoms with Crippen LogP contribution in [0.15, 0.2) is 28.9 Å². The van der Waals surface area contributed by atoms with Crippen LogP contribution in [0.3, 0.4) is 0 Å². The monoisotopic (exact) mass is 323 g/mol. The van der Waals surface area contributed by atoms with Crippen molar-refractivity contribution >= 4 is 32.8 Å². The molecule has 0 amide bonds. The van der Waals surface area contributed by atoms with Crippen molar-refractivity contribution in [2.24, 2.45) is 0 Å². The van der Waals surface area contributed by atoms with Gasteiger partial charge in [-0.3, -0.25) is 4.98 Å². The molecule has 5 heteroatoms. The first-order valence-corrected chi connectivity index (χ1v) is 6.58. The zero-order valence-electron chi connectivity index (χ0n) is 10.9. The fourth-order valence-electron chi connectivity index (χ4n) is 1.76. The molecule has 0 aliphatic rings. The highest BCUT2D eigenvalue weighted by molar-refractivity contribution is 9.10. The summed E-state index contributed by atoms with van der Waals surface area (Å²) in [6, 6.07) is 5.47. The second kappa shape index (κ2) is 4.81. The van der Waals surface area contributed by atoms with Crippen molar-refractivity contribution in [1.29, 1.82) is 0 Å². The summed E-state index contributed by atoms with van der Waals surface area (Å²) < 4.78 is 6.51. The molecule has 0 spiro atoms. The number of benzene rings is 1. The molecular formula is C14H14BrNO3. The Morgan fingerprint density at radius 1 is 1.37 bits per heavy atom. The molecule has 0 unspecified atom stereocenters. The SMILES string of the molecule is Cc1ccnc2c(OC(C)(C)C(=O)O)ccc(Br)c12. The first kappa shape index (κ1) is 13.8. The number of nitrogens with zero attached hydrogens (tertiary/aromatic N) is 1. The average molecular weight is 324 g/mol. The number of rotatable bonds is 3. The molecule has 0 saturated heterocycles. The number of aryl methyl sites for hydroxylation is 1. The number of hydrogen-bond donors (Lipinski definition) is 1. The Bertz CT molecular complexity index is 644. The van der Waals surface area contributed by atoms with Gasteiger partial charge in [0.05, 0.1) is 0 Å². The van der Waals surface area contributed by atoms with Crippen molar-refractivity contribution in [2.75, 3.05) is 0 Å². The summed E-state index contributed by atoms with van der Waals surface area (Å²) in [5.41, 5.74) is 0.408. The van der Waals surface area contributed by atoms with Gasteiger partial charge in [-0.2, -0.15) is 0 Å². The molecule has 0 bridgehead atoms. The topological polar surface area (TPSA) is 59.4 Å². The van der Waals surface area contributed by atoms with E-state index < -0.39 is 11.6 Å². The van der Waals surface area contributed by atoms with E-state index in [1.807, 2.05) is 19.1 Å². The number of carboxylic acid groups (broad SMARTS) is 1. The van der Waals surface area contributed by atoms with Gasteiger partial charge in [0.1, 0.15) is 11.3 Å². The van der Waals surface area contributed by atoms with Crippen molar-refractivity contribution in [2.45, 2.75) is 26.4 Å². The van der Waals surface area contributed by atoms with Crippen molar-refractivity contribution in [1.82, 2.24) is 4.98 Å². The number of carboxylic acids is 1. The highest BCUT2D eigenvalue weighted by Gasteiger charge is 2.30. The van der Waals surface area contributed by atoms with Crippen LogP contribution in [0.25, 0.3) is 10.9 Å². The zero-order chi connectivity index (χ0) is 14.2. The molecule has 100 valence electrons. The van der Waals surface area contributed by atoms with Crippen LogP contribution in [0.4, 0.5) is 0 Å². The minimum atomic E-state index is -1.30. The molecule has 0 aliphatic heterocycles. The number of halogens is 1. The number of fused-ring (bicyclic) bond motifs is 1. The summed E-state index contributed by atoms with van der Waals surface area (Å²) in [7, 11) is 0. The lowest BCUT2D eigenvalue weighted by Crippen LogP contribution is -2.37. The quantitative estimate of drug-likeness (QED) is 0.938. The summed E-state index contributed by atoms with van der Waals surface area (Å²) in [4.78, 5) is 15.4. The van der Waals surface area contributed by atoms with Crippen LogP contribution in [0.5, 0.6) is 5.75 Å². The standard InChI is InChI=1S/C14H14BrNO3/c1-8-6-7-16-12-10(5-4-9(15)11(8)12)19-14(2,3)13(17)18/h4-7H,1-3H3,(H,17,18). The third-order valence-electron chi connectivity index (χ3n) is 2.89. The van der Waals surface area contributed by atoms with Crippen molar-refractivity contribution < 1.29 is 14.6 Å². The van der Waals surface area contributed by atoms with Crippen LogP contribution in [0, 0.1) is 6.92 Å². The van der Waals surface area contributed by atoms with E-state index in [1.54, 1.807) is 12.3 Å². The lowest BCUT2D eigenvalue weighted by atomic mass is 10.1. The van der Waals surface area contributed by atoms with Crippen LogP contribution in [-0.2, 0) is 4.79 Å². The van der Waals surface area contributed by atoms with Gasteiger partial charge in [0.25, 0.3) is 0 Å². The summed E-state index contributed by atoms with van der Waals surface area (Å²) in [5, 5.41) is 10.1.